The first-order valence-corrected chi connectivity index (χ1v) is 30.9. The van der Waals surface area contributed by atoms with Gasteiger partial charge in [-0.15, -0.1) is 0 Å². The second kappa shape index (κ2) is 21.9. The molecule has 0 spiro atoms. The third-order valence-corrected chi connectivity index (χ3v) is 25.7. The molecule has 4 N–H and O–H groups in total. The van der Waals surface area contributed by atoms with Crippen LogP contribution in [0.3, 0.4) is 0 Å². The Balaban J connectivity index is 1.11. The van der Waals surface area contributed by atoms with Crippen LogP contribution in [0.1, 0.15) is 0 Å². The predicted octanol–water partition coefficient (Wildman–Crippen LogP) is 12.6. The Morgan fingerprint density at radius 3 is 0.408 bits per heavy atom. The van der Waals surface area contributed by atoms with Gasteiger partial charge in [0.1, 0.15) is 0 Å². The molecule has 0 aromatic carbocycles. The van der Waals surface area contributed by atoms with Crippen LogP contribution in [0.25, 0.3) is 0 Å². The van der Waals surface area contributed by atoms with E-state index in [0.29, 0.717) is 0 Å². The molecule has 24 atom stereocenters. The molecule has 125 heavy (non-hydrogen) atoms. The molecule has 0 saturated heterocycles. The van der Waals surface area contributed by atoms with Gasteiger partial charge >= 0.3 is 165 Å². The molecule has 0 aliphatic heterocycles. The molecule has 0 radical (unpaired) electrons. The number of halogens is 60. The molecule has 0 amide bonds. The number of ketones is 4. The van der Waals surface area contributed by atoms with Crippen molar-refractivity contribution in [3.8, 4) is 0 Å². The van der Waals surface area contributed by atoms with Crippen LogP contribution >= 0.6 is 0 Å². The van der Waals surface area contributed by atoms with Gasteiger partial charge in [-0.2, -0.15) is 176 Å². The lowest BCUT2D eigenvalue weighted by Crippen LogP contribution is -3.08. The molecule has 24 unspecified atom stereocenters. The Bertz CT molecular complexity index is 4230. The lowest BCUT2D eigenvalue weighted by Gasteiger charge is -2.72. The maximum Gasteiger partial charge on any atom is 0.397 e. The van der Waals surface area contributed by atoms with Crippen molar-refractivity contribution in [1.82, 2.24) is 0 Å². The fourth-order valence-corrected chi connectivity index (χ4v) is 19.2. The zero-order valence-corrected chi connectivity index (χ0v) is 55.4. The summed E-state index contributed by atoms with van der Waals surface area (Å²) in [6, 6.07) is 0. The van der Waals surface area contributed by atoms with Gasteiger partial charge in [0.05, 0.1) is 56.3 Å². The number of aliphatic hydroxyl groups is 4. The van der Waals surface area contributed by atoms with E-state index in [0.717, 1.165) is 0 Å². The number of carbonyl (C=O) groups is 4. The quantitative estimate of drug-likeness (QED) is 0.0847. The Labute approximate surface area is 634 Å². The predicted molar refractivity (Wildman–Crippen MR) is 246 cm³/mol. The number of hydrogen-bond donors (Lipinski definition) is 4. The number of aliphatic hydroxyl groups excluding tert-OH is 4. The van der Waals surface area contributed by atoms with E-state index in [9.17, 15) is 39.6 Å². The first-order chi connectivity index (χ1) is 54.1. The minimum atomic E-state index is -9.78. The fourth-order valence-electron chi connectivity index (χ4n) is 19.2. The highest BCUT2D eigenvalue weighted by molar-refractivity contribution is 6.08. The van der Waals surface area contributed by atoms with Crippen molar-refractivity contribution >= 4 is 23.1 Å². The van der Waals surface area contributed by atoms with Gasteiger partial charge in [0, 0.05) is 0 Å². The average Bonchev–Trinajstić information content (AvgIpc) is 0.607. The molecule has 16 rings (SSSR count). The summed E-state index contributed by atoms with van der Waals surface area (Å²) in [6.07, 6.45) is -65.4. The summed E-state index contributed by atoms with van der Waals surface area (Å²) in [4.78, 5) is 51.0. The number of alkyl halides is 60. The van der Waals surface area contributed by atoms with Crippen LogP contribution in [0.5, 0.6) is 0 Å². The van der Waals surface area contributed by atoms with E-state index in [-0.39, 0.29) is 0 Å². The van der Waals surface area contributed by atoms with Crippen LogP contribution in [-0.4, -0.2) is 327 Å². The highest BCUT2D eigenvalue weighted by atomic mass is 19.4. The summed E-state index contributed by atoms with van der Waals surface area (Å²) in [5, 5.41) is 45.6. The van der Waals surface area contributed by atoms with Crippen molar-refractivity contribution in [3.05, 3.63) is 0 Å². The molecular formula is C53H16F60O12. The minimum Gasteiger partial charge on any atom is -0.390 e. The second-order valence-electron chi connectivity index (χ2n) is 30.1. The zero-order chi connectivity index (χ0) is 98.8. The van der Waals surface area contributed by atoms with Gasteiger partial charge in [0.2, 0.25) is 23.1 Å². The van der Waals surface area contributed by atoms with E-state index in [2.05, 4.69) is 18.9 Å². The third kappa shape index (κ3) is 6.75. The minimum absolute atomic E-state index is 2.28. The van der Waals surface area contributed by atoms with Gasteiger partial charge in [0.25, 0.3) is 68.0 Å². The van der Waals surface area contributed by atoms with Crippen molar-refractivity contribution in [3.63, 3.8) is 0 Å². The molecule has 0 heterocycles. The van der Waals surface area contributed by atoms with Gasteiger partial charge in [-0.05, 0) is 0 Å². The van der Waals surface area contributed by atoms with Crippen LogP contribution in [-0.2, 0) is 38.1 Å². The molecular weight excluding hydrogens is 1970 g/mol. The van der Waals surface area contributed by atoms with E-state index >= 15 is 263 Å². The highest BCUT2D eigenvalue weighted by Crippen LogP contribution is 2.93. The first kappa shape index (κ1) is 98.2. The van der Waals surface area contributed by atoms with Crippen LogP contribution in [0.15, 0.2) is 0 Å². The first-order valence-electron chi connectivity index (χ1n) is 30.9. The van der Waals surface area contributed by atoms with Crippen LogP contribution in [0.2, 0.25) is 0 Å². The smallest absolute Gasteiger partial charge is 0.390 e. The van der Waals surface area contributed by atoms with Crippen molar-refractivity contribution < 1.29 is 322 Å². The molecule has 720 valence electrons. The molecule has 0 aromatic rings. The lowest BCUT2D eigenvalue weighted by molar-refractivity contribution is -0.556. The van der Waals surface area contributed by atoms with Gasteiger partial charge in [-0.3, -0.25) is 19.2 Å². The SMILES string of the molecule is O=C1C2(F)C(F)(F)C3(F)C(F)(F)C1(F)C(F)(C(F)(F)OCC(O)C(C(O)COC(F)(F)C1(F)C4(F)C(=O)C5(F)C(F)(F)C(F)(C4(F)F)C(F)(F)C1(F)C5(F)F)(C(O)COC(F)(F)C1(F)C4(F)C(=O)C5(F)C(F)(F)C(F)(C4(F)F)C(F)(F)C1(F)C5(F)F)C(O)COC(F)(F)C1(F)C4(F)C(=O)C5(F)C(F)(F)C(F)(C4(F)F)C(F)(F)C1(F)C5(F)F)C(F)(C2(F)F)C3(F)F. The van der Waals surface area contributed by atoms with Crippen LogP contribution in [0, 0.1) is 5.41 Å². The molecule has 16 aliphatic rings. The van der Waals surface area contributed by atoms with E-state index in [1.54, 1.807) is 0 Å². The van der Waals surface area contributed by atoms with E-state index in [1.165, 1.54) is 0 Å². The third-order valence-electron chi connectivity index (χ3n) is 25.7. The Hall–Kier alpha value is -5.84. The number of ether oxygens (including phenoxy) is 4. The van der Waals surface area contributed by atoms with E-state index in [4.69, 9.17) is 0 Å². The topological polar surface area (TPSA) is 186 Å². The Kier molecular flexibility index (Phi) is 17.2. The molecule has 72 heteroatoms. The maximum absolute atomic E-state index is 17.3. The van der Waals surface area contributed by atoms with Crippen molar-refractivity contribution in [1.29, 1.82) is 0 Å². The maximum atomic E-state index is 17.3. The number of rotatable bonds is 20. The Morgan fingerprint density at radius 2 is 0.288 bits per heavy atom. The fraction of sp³-hybridized carbons (Fsp3) is 0.925. The van der Waals surface area contributed by atoms with Gasteiger partial charge < -0.3 is 39.4 Å². The molecule has 16 fully saturated rings. The van der Waals surface area contributed by atoms with Gasteiger partial charge in [-0.1, -0.05) is 0 Å². The zero-order valence-electron chi connectivity index (χ0n) is 55.4. The summed E-state index contributed by atoms with van der Waals surface area (Å²) in [5.74, 6) is -173. The summed E-state index contributed by atoms with van der Waals surface area (Å²) >= 11 is 0. The molecule has 16 bridgehead atoms. The lowest BCUT2D eigenvalue weighted by atomic mass is 9.38. The van der Waals surface area contributed by atoms with E-state index in [1.807, 2.05) is 0 Å². The van der Waals surface area contributed by atoms with Crippen molar-refractivity contribution in [2.45, 2.75) is 257 Å². The van der Waals surface area contributed by atoms with Crippen molar-refractivity contribution in [2.75, 3.05) is 26.4 Å². The summed E-state index contributed by atoms with van der Waals surface area (Å²) in [7, 11) is 0. The number of hydrogen-bond acceptors (Lipinski definition) is 12. The summed E-state index contributed by atoms with van der Waals surface area (Å²) < 4.78 is 972. The average molecular weight is 1980 g/mol. The monoisotopic (exact) mass is 1980 g/mol. The van der Waals surface area contributed by atoms with Gasteiger partial charge in [0.15, 0.2) is 0 Å². The molecule has 16 aliphatic carbocycles. The normalized spacial score (nSPS) is 50.6. The van der Waals surface area contributed by atoms with Crippen LogP contribution < -0.4 is 0 Å². The highest BCUT2D eigenvalue weighted by Gasteiger charge is 3.27. The largest absolute Gasteiger partial charge is 0.397 e. The Morgan fingerprint density at radius 1 is 0.184 bits per heavy atom. The number of Topliss-reactive ketones (excluding diaryl/α,β-unsaturated/α-hetero) is 4. The summed E-state index contributed by atoms with van der Waals surface area (Å²) in [6.45, 7) is -21.9. The van der Waals surface area contributed by atoms with Gasteiger partial charge in [-0.25, -0.2) is 87.8 Å². The van der Waals surface area contributed by atoms with Crippen molar-refractivity contribution in [2.24, 2.45) is 5.41 Å². The van der Waals surface area contributed by atoms with E-state index < -0.39 is 312 Å². The molecule has 16 saturated carbocycles. The molecule has 0 aromatic heterocycles. The standard InChI is InChI=1S/C53H16F60O12/c54-14-9(118)18(58)38(82,83)26(66,46(98,99)30(70,34(14,74)75)42(18,90)91)22(14,62)50(106,107)122-1-5(114)13(6(115)2-123-51(108,109)23(63)15(55)10(119)19(59)39(84,85)27(23,67)47(100,101)31(71,35(15,76)77)43(19,92)93,7(116)3-124-52(110,111)24(64)16(56)11(120)20(60)40(86,87)28(24,68)48(102,103)32(72,36(16,78)79)44(20,94)95)8(117)4-125-53(112,113)25(65)17(57)12(121)21(61)41(88,89)29(25,69)49(104,105)33(73,37(17,80)81)45(21,96)97/h5-8,114-117H,1-4H2. The van der Waals surface area contributed by atoms with Crippen LogP contribution in [0.4, 0.5) is 263 Å². The number of carbonyl (C=O) groups excluding carboxylic acids is 4. The molecule has 12 nitrogen and oxygen atoms in total. The summed E-state index contributed by atoms with van der Waals surface area (Å²) in [5.41, 5.74) is -193. The second-order valence-corrected chi connectivity index (χ2v) is 30.1.